The van der Waals surface area contributed by atoms with Crippen LogP contribution in [0, 0.1) is 0 Å². The molecule has 5 aromatic rings. The molecule has 0 aliphatic carbocycles. The number of thiol groups is 4. The summed E-state index contributed by atoms with van der Waals surface area (Å²) in [6.07, 6.45) is 0. The van der Waals surface area contributed by atoms with Crippen molar-refractivity contribution in [3.05, 3.63) is 132 Å². The Morgan fingerprint density at radius 3 is 1.22 bits per heavy atom. The molecule has 178 valence electrons. The van der Waals surface area contributed by atoms with E-state index in [0.717, 1.165) is 41.8 Å². The molecule has 4 heteroatoms. The number of rotatable bonds is 5. The molecule has 0 aliphatic heterocycles. The minimum atomic E-state index is -0.426. The number of hydrogen-bond acceptors (Lipinski definition) is 4. The van der Waals surface area contributed by atoms with Crippen molar-refractivity contribution in [2.75, 3.05) is 0 Å². The average Bonchev–Trinajstić information content (AvgIpc) is 2.90. The normalized spacial score (nSPS) is 11.5. The van der Waals surface area contributed by atoms with E-state index >= 15 is 0 Å². The lowest BCUT2D eigenvalue weighted by Crippen LogP contribution is -2.25. The monoisotopic (exact) mass is 538 g/mol. The van der Waals surface area contributed by atoms with E-state index in [9.17, 15) is 0 Å². The Hall–Kier alpha value is -2.50. The van der Waals surface area contributed by atoms with Gasteiger partial charge < -0.3 is 0 Å². The molecule has 0 heterocycles. The summed E-state index contributed by atoms with van der Waals surface area (Å²) in [4.78, 5) is 3.70. The third-order valence-corrected chi connectivity index (χ3v) is 8.45. The van der Waals surface area contributed by atoms with Crippen LogP contribution in [0.1, 0.15) is 23.6 Å². The standard InChI is InChI=1S/C32H26S4/c1-32(21-9-3-2-4-10-21,22-15-17-30(35)26(19-22)24-11-5-7-13-28(24)33)23-16-18-31(36)27(20-23)25-12-6-8-14-29(25)34/h2-20,33-36H,1H3. The molecule has 0 aliphatic rings. The summed E-state index contributed by atoms with van der Waals surface area (Å²) in [6.45, 7) is 2.29. The predicted octanol–water partition coefficient (Wildman–Crippen LogP) is 9.53. The molecule has 0 unspecified atom stereocenters. The lowest BCUT2D eigenvalue weighted by molar-refractivity contribution is 0.691. The van der Waals surface area contributed by atoms with Crippen LogP contribution in [0.15, 0.2) is 135 Å². The Bertz CT molecular complexity index is 1440. The van der Waals surface area contributed by atoms with E-state index in [0.29, 0.717) is 0 Å². The SMILES string of the molecule is CC(c1ccccc1)(c1ccc(S)c(-c2ccccc2S)c1)c1ccc(S)c(-c2ccccc2S)c1. The lowest BCUT2D eigenvalue weighted by atomic mass is 9.70. The molecule has 0 saturated heterocycles. The molecule has 0 radical (unpaired) electrons. The van der Waals surface area contributed by atoms with Crippen LogP contribution in [0.2, 0.25) is 0 Å². The average molecular weight is 539 g/mol. The van der Waals surface area contributed by atoms with Crippen molar-refractivity contribution in [2.45, 2.75) is 31.9 Å². The summed E-state index contributed by atoms with van der Waals surface area (Å²) in [5.41, 5.74) is 7.40. The Morgan fingerprint density at radius 2 is 0.778 bits per heavy atom. The second kappa shape index (κ2) is 10.5. The first-order chi connectivity index (χ1) is 17.4. The third-order valence-electron chi connectivity index (χ3n) is 6.89. The van der Waals surface area contributed by atoms with Gasteiger partial charge in [-0.1, -0.05) is 78.9 Å². The second-order valence-corrected chi connectivity index (χ2v) is 10.9. The highest BCUT2D eigenvalue weighted by Gasteiger charge is 2.32. The van der Waals surface area contributed by atoms with E-state index in [4.69, 9.17) is 50.5 Å². The Labute approximate surface area is 235 Å². The molecule has 0 spiro atoms. The molecule has 36 heavy (non-hydrogen) atoms. The molecule has 0 nitrogen and oxygen atoms in total. The minimum Gasteiger partial charge on any atom is -0.143 e. The maximum atomic E-state index is 4.81. The quantitative estimate of drug-likeness (QED) is 0.124. The van der Waals surface area contributed by atoms with Crippen LogP contribution in [0.5, 0.6) is 0 Å². The lowest BCUT2D eigenvalue weighted by Gasteiger charge is -2.33. The van der Waals surface area contributed by atoms with Gasteiger partial charge in [-0.15, -0.1) is 50.5 Å². The van der Waals surface area contributed by atoms with Crippen molar-refractivity contribution in [3.63, 3.8) is 0 Å². The number of benzene rings is 5. The van der Waals surface area contributed by atoms with E-state index in [1.165, 1.54) is 16.7 Å². The maximum Gasteiger partial charge on any atom is 0.0423 e. The fourth-order valence-corrected chi connectivity index (χ4v) is 5.88. The highest BCUT2D eigenvalue weighted by molar-refractivity contribution is 7.81. The van der Waals surface area contributed by atoms with Crippen LogP contribution >= 0.6 is 50.5 Å². The summed E-state index contributed by atoms with van der Waals surface area (Å²) in [5, 5.41) is 0. The van der Waals surface area contributed by atoms with Gasteiger partial charge in [0.1, 0.15) is 0 Å². The Morgan fingerprint density at radius 1 is 0.389 bits per heavy atom. The summed E-state index contributed by atoms with van der Waals surface area (Å²) in [6, 6.07) is 40.0. The predicted molar refractivity (Wildman–Crippen MR) is 165 cm³/mol. The van der Waals surface area contributed by atoms with Crippen molar-refractivity contribution in [1.29, 1.82) is 0 Å². The van der Waals surface area contributed by atoms with E-state index < -0.39 is 5.41 Å². The molecule has 0 bridgehead atoms. The molecule has 0 amide bonds. The van der Waals surface area contributed by atoms with Crippen molar-refractivity contribution in [3.8, 4) is 22.3 Å². The van der Waals surface area contributed by atoms with Crippen LogP contribution in [-0.4, -0.2) is 0 Å². The Kier molecular flexibility index (Phi) is 7.32. The smallest absolute Gasteiger partial charge is 0.0423 e. The van der Waals surface area contributed by atoms with Crippen molar-refractivity contribution in [2.24, 2.45) is 0 Å². The van der Waals surface area contributed by atoms with E-state index in [2.05, 4.69) is 85.8 Å². The van der Waals surface area contributed by atoms with Gasteiger partial charge in [-0.25, -0.2) is 0 Å². The number of hydrogen-bond donors (Lipinski definition) is 4. The van der Waals surface area contributed by atoms with Crippen LogP contribution in [0.4, 0.5) is 0 Å². The molecule has 5 aromatic carbocycles. The molecule has 0 atom stereocenters. The first-order valence-electron chi connectivity index (χ1n) is 11.7. The summed E-state index contributed by atoms with van der Waals surface area (Å²) in [7, 11) is 0. The zero-order valence-corrected chi connectivity index (χ0v) is 23.3. The first-order valence-corrected chi connectivity index (χ1v) is 13.5. The summed E-state index contributed by atoms with van der Waals surface area (Å²) < 4.78 is 0. The van der Waals surface area contributed by atoms with Gasteiger partial charge in [-0.05, 0) is 82.3 Å². The van der Waals surface area contributed by atoms with Crippen LogP contribution < -0.4 is 0 Å². The van der Waals surface area contributed by atoms with Crippen LogP contribution in [0.25, 0.3) is 22.3 Å². The van der Waals surface area contributed by atoms with Gasteiger partial charge in [0.25, 0.3) is 0 Å². The van der Waals surface area contributed by atoms with Crippen molar-refractivity contribution in [1.82, 2.24) is 0 Å². The third kappa shape index (κ3) is 4.64. The fourth-order valence-electron chi connectivity index (χ4n) is 4.80. The van der Waals surface area contributed by atoms with Gasteiger partial charge in [-0.3, -0.25) is 0 Å². The molecule has 0 fully saturated rings. The van der Waals surface area contributed by atoms with Crippen LogP contribution in [-0.2, 0) is 5.41 Å². The molecule has 5 rings (SSSR count). The summed E-state index contributed by atoms with van der Waals surface area (Å²) >= 11 is 19.1. The molecular weight excluding hydrogens is 513 g/mol. The highest BCUT2D eigenvalue weighted by Crippen LogP contribution is 2.44. The van der Waals surface area contributed by atoms with E-state index in [1.807, 2.05) is 36.4 Å². The van der Waals surface area contributed by atoms with Gasteiger partial charge in [0, 0.05) is 25.0 Å². The van der Waals surface area contributed by atoms with E-state index in [-0.39, 0.29) is 0 Å². The summed E-state index contributed by atoms with van der Waals surface area (Å²) in [5.74, 6) is 0. The van der Waals surface area contributed by atoms with Gasteiger partial charge in [0.2, 0.25) is 0 Å². The van der Waals surface area contributed by atoms with Gasteiger partial charge >= 0.3 is 0 Å². The van der Waals surface area contributed by atoms with Crippen molar-refractivity contribution >= 4 is 50.5 Å². The van der Waals surface area contributed by atoms with E-state index in [1.54, 1.807) is 0 Å². The maximum absolute atomic E-state index is 4.81. The fraction of sp³-hybridized carbons (Fsp3) is 0.0625. The first kappa shape index (κ1) is 25.2. The largest absolute Gasteiger partial charge is 0.143 e. The molecular formula is C32H26S4. The van der Waals surface area contributed by atoms with Gasteiger partial charge in [-0.2, -0.15) is 0 Å². The zero-order valence-electron chi connectivity index (χ0n) is 19.8. The molecule has 0 saturated carbocycles. The highest BCUT2D eigenvalue weighted by atomic mass is 32.1. The second-order valence-electron chi connectivity index (χ2n) is 8.99. The van der Waals surface area contributed by atoms with Crippen LogP contribution in [0.3, 0.4) is 0 Å². The van der Waals surface area contributed by atoms with Gasteiger partial charge in [0.15, 0.2) is 0 Å². The molecule has 0 aromatic heterocycles. The zero-order chi connectivity index (χ0) is 25.3. The Balaban J connectivity index is 1.76. The molecule has 0 N–H and O–H groups in total. The minimum absolute atomic E-state index is 0.426. The topological polar surface area (TPSA) is 0 Å². The van der Waals surface area contributed by atoms with Crippen molar-refractivity contribution < 1.29 is 0 Å². The van der Waals surface area contributed by atoms with Gasteiger partial charge in [0.05, 0.1) is 0 Å².